The van der Waals surface area contributed by atoms with Crippen molar-refractivity contribution in [3.05, 3.63) is 39.6 Å². The Bertz CT molecular complexity index is 640. The van der Waals surface area contributed by atoms with Gasteiger partial charge in [0.15, 0.2) is 0 Å². The fraction of sp³-hybridized carbons (Fsp3) is 0.650. The van der Waals surface area contributed by atoms with Crippen molar-refractivity contribution >= 4 is 23.1 Å². The first-order chi connectivity index (χ1) is 11.3. The molecule has 0 aliphatic rings. The van der Waals surface area contributed by atoms with Crippen LogP contribution in [0.2, 0.25) is 0 Å². The van der Waals surface area contributed by atoms with Crippen LogP contribution < -0.4 is 0 Å². The summed E-state index contributed by atoms with van der Waals surface area (Å²) in [5.74, 6) is 1.71. The molecule has 0 aliphatic heterocycles. The predicted molar refractivity (Wildman–Crippen MR) is 110 cm³/mol. The molecule has 24 heavy (non-hydrogen) atoms. The molecular weight excluding hydrogens is 332 g/mol. The molecule has 2 unspecified atom stereocenters. The number of hydrogen-bond acceptors (Lipinski definition) is 3. The summed E-state index contributed by atoms with van der Waals surface area (Å²) < 4.78 is 2.29. The van der Waals surface area contributed by atoms with Gasteiger partial charge in [0.2, 0.25) is 0 Å². The van der Waals surface area contributed by atoms with Gasteiger partial charge in [-0.2, -0.15) is 11.8 Å². The lowest BCUT2D eigenvalue weighted by Gasteiger charge is -2.15. The fourth-order valence-corrected chi connectivity index (χ4v) is 4.83. The second-order valence-electron chi connectivity index (χ2n) is 7.43. The molecule has 2 aromatic heterocycles. The summed E-state index contributed by atoms with van der Waals surface area (Å²) in [7, 11) is 2.17. The molecule has 0 amide bonds. The summed E-state index contributed by atoms with van der Waals surface area (Å²) in [4.78, 5) is 4.87. The van der Waals surface area contributed by atoms with Crippen LogP contribution in [-0.4, -0.2) is 15.8 Å². The van der Waals surface area contributed by atoms with Crippen molar-refractivity contribution in [3.63, 3.8) is 0 Å². The van der Waals surface area contributed by atoms with E-state index in [1.165, 1.54) is 34.8 Å². The van der Waals surface area contributed by atoms with Crippen molar-refractivity contribution in [2.24, 2.45) is 7.05 Å². The molecule has 0 bridgehead atoms. The summed E-state index contributed by atoms with van der Waals surface area (Å²) in [6.07, 6.45) is 6.92. The SMILES string of the molecule is CSC(CCC(C)c1cc(C(C)C)n(C)c1)c1csc(C(C)C)n1. The summed E-state index contributed by atoms with van der Waals surface area (Å²) >= 11 is 3.75. The van der Waals surface area contributed by atoms with Crippen LogP contribution >= 0.6 is 23.1 Å². The zero-order valence-corrected chi connectivity index (χ0v) is 17.8. The Labute approximate surface area is 156 Å². The molecule has 0 fully saturated rings. The first kappa shape index (κ1) is 19.6. The van der Waals surface area contributed by atoms with Crippen LogP contribution in [0.4, 0.5) is 0 Å². The highest BCUT2D eigenvalue weighted by atomic mass is 32.2. The number of aromatic nitrogens is 2. The van der Waals surface area contributed by atoms with Crippen LogP contribution in [0.25, 0.3) is 0 Å². The van der Waals surface area contributed by atoms with Gasteiger partial charge in [0.25, 0.3) is 0 Å². The lowest BCUT2D eigenvalue weighted by atomic mass is 9.96. The van der Waals surface area contributed by atoms with Gasteiger partial charge in [-0.25, -0.2) is 4.98 Å². The van der Waals surface area contributed by atoms with E-state index in [0.717, 1.165) is 0 Å². The van der Waals surface area contributed by atoms with Crippen LogP contribution in [0, 0.1) is 0 Å². The van der Waals surface area contributed by atoms with Gasteiger partial charge < -0.3 is 4.57 Å². The molecule has 0 N–H and O–H groups in total. The molecular formula is C20H32N2S2. The van der Waals surface area contributed by atoms with E-state index in [2.05, 4.69) is 70.1 Å². The number of hydrogen-bond donors (Lipinski definition) is 0. The number of aryl methyl sites for hydroxylation is 1. The highest BCUT2D eigenvalue weighted by Gasteiger charge is 2.18. The highest BCUT2D eigenvalue weighted by molar-refractivity contribution is 7.98. The summed E-state index contributed by atoms with van der Waals surface area (Å²) in [5.41, 5.74) is 4.18. The van der Waals surface area contributed by atoms with E-state index in [-0.39, 0.29) is 0 Å². The molecule has 0 aliphatic carbocycles. The van der Waals surface area contributed by atoms with Crippen molar-refractivity contribution in [2.45, 2.75) is 70.5 Å². The number of thioether (sulfide) groups is 1. The van der Waals surface area contributed by atoms with E-state index in [1.807, 2.05) is 23.1 Å². The maximum Gasteiger partial charge on any atom is 0.0954 e. The topological polar surface area (TPSA) is 17.8 Å². The average Bonchev–Trinajstić information content (AvgIpc) is 3.14. The van der Waals surface area contributed by atoms with Crippen molar-refractivity contribution in [1.29, 1.82) is 0 Å². The Morgan fingerprint density at radius 3 is 2.33 bits per heavy atom. The molecule has 0 radical (unpaired) electrons. The van der Waals surface area contributed by atoms with Gasteiger partial charge in [0, 0.05) is 35.5 Å². The second-order valence-corrected chi connectivity index (χ2v) is 9.36. The molecule has 0 spiro atoms. The third kappa shape index (κ3) is 4.66. The largest absolute Gasteiger partial charge is 0.354 e. The minimum absolute atomic E-state index is 0.518. The molecule has 2 rings (SSSR count). The van der Waals surface area contributed by atoms with E-state index < -0.39 is 0 Å². The first-order valence-corrected chi connectivity index (χ1v) is 11.1. The van der Waals surface area contributed by atoms with Crippen molar-refractivity contribution in [2.75, 3.05) is 6.26 Å². The molecule has 2 atom stereocenters. The molecule has 0 aromatic carbocycles. The van der Waals surface area contributed by atoms with Gasteiger partial charge >= 0.3 is 0 Å². The Kier molecular flexibility index (Phi) is 6.99. The predicted octanol–water partition coefficient (Wildman–Crippen LogP) is 6.72. The molecule has 134 valence electrons. The second kappa shape index (κ2) is 8.57. The summed E-state index contributed by atoms with van der Waals surface area (Å²) in [5, 5.41) is 4.05. The smallest absolute Gasteiger partial charge is 0.0954 e. The zero-order chi connectivity index (χ0) is 17.9. The van der Waals surface area contributed by atoms with Gasteiger partial charge in [0.05, 0.1) is 10.7 Å². The van der Waals surface area contributed by atoms with E-state index in [1.54, 1.807) is 0 Å². The van der Waals surface area contributed by atoms with Crippen LogP contribution in [0.15, 0.2) is 17.6 Å². The van der Waals surface area contributed by atoms with E-state index >= 15 is 0 Å². The van der Waals surface area contributed by atoms with Gasteiger partial charge in [-0.05, 0) is 42.6 Å². The molecule has 4 heteroatoms. The standard InChI is InChI=1S/C20H32N2S2/c1-13(2)18-10-16(11-22(18)6)15(5)8-9-19(23-7)17-12-24-20(21-17)14(3)4/h10-15,19H,8-9H2,1-7H3. The minimum Gasteiger partial charge on any atom is -0.354 e. The first-order valence-electron chi connectivity index (χ1n) is 8.97. The van der Waals surface area contributed by atoms with Crippen molar-refractivity contribution in [1.82, 2.24) is 9.55 Å². The summed E-state index contributed by atoms with van der Waals surface area (Å²) in [6, 6.07) is 2.39. The van der Waals surface area contributed by atoms with Gasteiger partial charge in [-0.15, -0.1) is 11.3 Å². The Morgan fingerprint density at radius 1 is 1.12 bits per heavy atom. The van der Waals surface area contributed by atoms with Gasteiger partial charge in [0.1, 0.15) is 0 Å². The molecule has 2 nitrogen and oxygen atoms in total. The van der Waals surface area contributed by atoms with E-state index in [0.29, 0.717) is 23.0 Å². The van der Waals surface area contributed by atoms with Crippen molar-refractivity contribution in [3.8, 4) is 0 Å². The minimum atomic E-state index is 0.518. The third-order valence-electron chi connectivity index (χ3n) is 4.73. The van der Waals surface area contributed by atoms with Crippen LogP contribution in [0.5, 0.6) is 0 Å². The van der Waals surface area contributed by atoms with Crippen LogP contribution in [-0.2, 0) is 7.05 Å². The molecule has 2 aromatic rings. The highest BCUT2D eigenvalue weighted by Crippen LogP contribution is 2.36. The van der Waals surface area contributed by atoms with E-state index in [4.69, 9.17) is 4.98 Å². The Balaban J connectivity index is 2.00. The fourth-order valence-electron chi connectivity index (χ4n) is 3.12. The van der Waals surface area contributed by atoms with E-state index in [9.17, 15) is 0 Å². The number of thiazole rings is 1. The maximum absolute atomic E-state index is 4.87. The van der Waals surface area contributed by atoms with Crippen molar-refractivity contribution < 1.29 is 0 Å². The van der Waals surface area contributed by atoms with Crippen LogP contribution in [0.1, 0.15) is 92.4 Å². The van der Waals surface area contributed by atoms with Gasteiger partial charge in [-0.3, -0.25) is 0 Å². The zero-order valence-electron chi connectivity index (χ0n) is 16.2. The Hall–Kier alpha value is -0.740. The lowest BCUT2D eigenvalue weighted by Crippen LogP contribution is -1.99. The summed E-state index contributed by atoms with van der Waals surface area (Å²) in [6.45, 7) is 11.3. The number of rotatable bonds is 8. The Morgan fingerprint density at radius 2 is 1.83 bits per heavy atom. The normalized spacial score (nSPS) is 14.5. The quantitative estimate of drug-likeness (QED) is 0.517. The average molecular weight is 365 g/mol. The molecule has 2 heterocycles. The number of nitrogens with zero attached hydrogens (tertiary/aromatic N) is 2. The molecule has 0 saturated heterocycles. The van der Waals surface area contributed by atoms with Crippen LogP contribution in [0.3, 0.4) is 0 Å². The third-order valence-corrected chi connectivity index (χ3v) is 6.94. The molecule has 0 saturated carbocycles. The van der Waals surface area contributed by atoms with Gasteiger partial charge in [-0.1, -0.05) is 34.6 Å². The maximum atomic E-state index is 4.87. The monoisotopic (exact) mass is 364 g/mol. The lowest BCUT2D eigenvalue weighted by molar-refractivity contribution is 0.621.